The monoisotopic (exact) mass is 525 g/mol. The molecule has 3 aliphatic rings. The molecule has 1 aromatic carbocycles. The van der Waals surface area contributed by atoms with E-state index in [0.717, 1.165) is 18.4 Å². The van der Waals surface area contributed by atoms with Crippen LogP contribution >= 0.6 is 0 Å². The Morgan fingerprint density at radius 2 is 1.87 bits per heavy atom. The van der Waals surface area contributed by atoms with Crippen molar-refractivity contribution in [2.45, 2.75) is 19.4 Å². The SMILES string of the molecule is C1=CCCC(CN(C2=COC=CO2)c2nnc(-c3cccnc3N(CC3=COCO3)Cc3ccccc3)o2)=C1. The summed E-state index contributed by atoms with van der Waals surface area (Å²) < 4.78 is 28.2. The first kappa shape index (κ1) is 24.4. The highest BCUT2D eigenvalue weighted by Gasteiger charge is 2.26. The minimum atomic E-state index is 0.204. The molecular weight excluding hydrogens is 498 g/mol. The number of aromatic nitrogens is 3. The Kier molecular flexibility index (Phi) is 7.24. The standard InChI is InChI=1S/C29H27N5O5/c1-3-8-22(9-4-1)16-33(18-24-19-36-21-38-24)27-25(12-7-13-30-27)28-31-32-29(39-28)34(26-20-35-14-15-37-26)17-23-10-5-2-6-11-23/h1-5,7-10,12-15,19-20H,6,11,16-18,21H2. The molecule has 10 nitrogen and oxygen atoms in total. The second kappa shape index (κ2) is 11.6. The Bertz CT molecular complexity index is 1440. The van der Waals surface area contributed by atoms with E-state index < -0.39 is 0 Å². The molecule has 2 aliphatic heterocycles. The average Bonchev–Trinajstić information content (AvgIpc) is 3.70. The van der Waals surface area contributed by atoms with Gasteiger partial charge >= 0.3 is 6.01 Å². The van der Waals surface area contributed by atoms with Gasteiger partial charge in [-0.3, -0.25) is 4.90 Å². The zero-order valence-electron chi connectivity index (χ0n) is 21.2. The largest absolute Gasteiger partial charge is 0.464 e. The van der Waals surface area contributed by atoms with Crippen molar-refractivity contribution >= 4 is 11.8 Å². The average molecular weight is 526 g/mol. The number of anilines is 2. The quantitative estimate of drug-likeness (QED) is 0.343. The lowest BCUT2D eigenvalue weighted by atomic mass is 10.1. The molecule has 0 N–H and O–H groups in total. The molecule has 10 heteroatoms. The Morgan fingerprint density at radius 1 is 0.923 bits per heavy atom. The van der Waals surface area contributed by atoms with E-state index in [9.17, 15) is 0 Å². The highest BCUT2D eigenvalue weighted by atomic mass is 16.7. The highest BCUT2D eigenvalue weighted by Crippen LogP contribution is 2.33. The van der Waals surface area contributed by atoms with Crippen LogP contribution in [-0.2, 0) is 25.5 Å². The zero-order chi connectivity index (χ0) is 26.3. The van der Waals surface area contributed by atoms with Crippen molar-refractivity contribution in [1.82, 2.24) is 15.2 Å². The van der Waals surface area contributed by atoms with E-state index in [0.29, 0.717) is 48.5 Å². The van der Waals surface area contributed by atoms with E-state index in [-0.39, 0.29) is 12.8 Å². The van der Waals surface area contributed by atoms with Crippen LogP contribution in [0.5, 0.6) is 0 Å². The molecule has 0 amide bonds. The fourth-order valence-corrected chi connectivity index (χ4v) is 4.41. The van der Waals surface area contributed by atoms with Gasteiger partial charge in [-0.1, -0.05) is 53.7 Å². The van der Waals surface area contributed by atoms with Gasteiger partial charge < -0.3 is 28.3 Å². The molecule has 0 radical (unpaired) electrons. The van der Waals surface area contributed by atoms with Gasteiger partial charge in [-0.25, -0.2) is 4.98 Å². The normalized spacial score (nSPS) is 15.7. The smallest absolute Gasteiger partial charge is 0.325 e. The van der Waals surface area contributed by atoms with Crippen molar-refractivity contribution < 1.29 is 23.4 Å². The predicted octanol–water partition coefficient (Wildman–Crippen LogP) is 5.38. The lowest BCUT2D eigenvalue weighted by molar-refractivity contribution is 0.0797. The number of rotatable bonds is 10. The molecule has 0 atom stereocenters. The van der Waals surface area contributed by atoms with Crippen molar-refractivity contribution in [1.29, 1.82) is 0 Å². The molecule has 0 unspecified atom stereocenters. The van der Waals surface area contributed by atoms with E-state index in [4.69, 9.17) is 28.3 Å². The van der Waals surface area contributed by atoms with Crippen LogP contribution in [0.15, 0.2) is 114 Å². The van der Waals surface area contributed by atoms with Crippen molar-refractivity contribution in [2.75, 3.05) is 29.7 Å². The van der Waals surface area contributed by atoms with Gasteiger partial charge in [0, 0.05) is 12.7 Å². The molecule has 2 aromatic heterocycles. The number of nitrogens with zero attached hydrogens (tertiary/aromatic N) is 5. The van der Waals surface area contributed by atoms with E-state index in [2.05, 4.69) is 45.5 Å². The van der Waals surface area contributed by atoms with Crippen molar-refractivity contribution in [3.8, 4) is 11.5 Å². The fourth-order valence-electron chi connectivity index (χ4n) is 4.41. The Labute approximate surface area is 225 Å². The minimum Gasteiger partial charge on any atom is -0.464 e. The summed E-state index contributed by atoms with van der Waals surface area (Å²) >= 11 is 0. The molecule has 4 heterocycles. The maximum absolute atomic E-state index is 6.26. The van der Waals surface area contributed by atoms with E-state index in [1.165, 1.54) is 24.4 Å². The van der Waals surface area contributed by atoms with Crippen LogP contribution < -0.4 is 9.80 Å². The summed E-state index contributed by atoms with van der Waals surface area (Å²) in [7, 11) is 0. The molecule has 0 saturated carbocycles. The number of allylic oxidation sites excluding steroid dienone is 3. The van der Waals surface area contributed by atoms with Crippen LogP contribution in [0.4, 0.5) is 11.8 Å². The summed E-state index contributed by atoms with van der Waals surface area (Å²) in [4.78, 5) is 8.61. The van der Waals surface area contributed by atoms with Gasteiger partial charge in [0.2, 0.25) is 12.7 Å². The first-order valence-electron chi connectivity index (χ1n) is 12.6. The van der Waals surface area contributed by atoms with E-state index >= 15 is 0 Å². The third-order valence-electron chi connectivity index (χ3n) is 6.27. The molecule has 198 valence electrons. The van der Waals surface area contributed by atoms with Crippen molar-refractivity contribution in [3.05, 3.63) is 115 Å². The number of benzene rings is 1. The first-order valence-corrected chi connectivity index (χ1v) is 12.6. The van der Waals surface area contributed by atoms with Gasteiger partial charge in [0.25, 0.3) is 5.89 Å². The molecule has 0 bridgehead atoms. The molecule has 39 heavy (non-hydrogen) atoms. The van der Waals surface area contributed by atoms with E-state index in [1.807, 2.05) is 30.3 Å². The topological polar surface area (TPSA) is 95.2 Å². The van der Waals surface area contributed by atoms with Gasteiger partial charge in [-0.2, -0.15) is 0 Å². The molecule has 0 fully saturated rings. The highest BCUT2D eigenvalue weighted by molar-refractivity contribution is 5.70. The van der Waals surface area contributed by atoms with Gasteiger partial charge in [0.15, 0.2) is 12.0 Å². The van der Waals surface area contributed by atoms with Crippen LogP contribution in [0, 0.1) is 0 Å². The molecule has 0 spiro atoms. The second-order valence-electron chi connectivity index (χ2n) is 8.98. The number of ether oxygens (including phenoxy) is 4. The fraction of sp³-hybridized carbons (Fsp3) is 0.207. The maximum Gasteiger partial charge on any atom is 0.325 e. The molecule has 0 saturated heterocycles. The number of hydrogen-bond acceptors (Lipinski definition) is 10. The first-order chi connectivity index (χ1) is 19.3. The van der Waals surface area contributed by atoms with Crippen LogP contribution in [-0.4, -0.2) is 35.1 Å². The summed E-state index contributed by atoms with van der Waals surface area (Å²) in [6.45, 7) is 1.76. The molecule has 6 rings (SSSR count). The van der Waals surface area contributed by atoms with Gasteiger partial charge in [-0.15, -0.1) is 5.10 Å². The third kappa shape index (κ3) is 5.80. The van der Waals surface area contributed by atoms with E-state index in [1.54, 1.807) is 17.4 Å². The second-order valence-corrected chi connectivity index (χ2v) is 8.98. The van der Waals surface area contributed by atoms with Gasteiger partial charge in [-0.05, 0) is 36.1 Å². The van der Waals surface area contributed by atoms with Crippen LogP contribution in [0.1, 0.15) is 18.4 Å². The lowest BCUT2D eigenvalue weighted by Crippen LogP contribution is -2.27. The Morgan fingerprint density at radius 3 is 2.67 bits per heavy atom. The summed E-state index contributed by atoms with van der Waals surface area (Å²) in [5.74, 6) is 2.17. The molecular formula is C29H27N5O5. The van der Waals surface area contributed by atoms with Crippen LogP contribution in [0.3, 0.4) is 0 Å². The summed E-state index contributed by atoms with van der Waals surface area (Å²) in [5.41, 5.74) is 3.02. The lowest BCUT2D eigenvalue weighted by Gasteiger charge is -2.25. The van der Waals surface area contributed by atoms with Crippen LogP contribution in [0.25, 0.3) is 11.5 Å². The van der Waals surface area contributed by atoms with Crippen molar-refractivity contribution in [2.24, 2.45) is 0 Å². The minimum absolute atomic E-state index is 0.204. The summed E-state index contributed by atoms with van der Waals surface area (Å²) in [6.07, 6.45) is 16.0. The summed E-state index contributed by atoms with van der Waals surface area (Å²) in [6, 6.07) is 14.2. The zero-order valence-corrected chi connectivity index (χ0v) is 21.2. The Hall–Kier alpha value is -4.99. The van der Waals surface area contributed by atoms with Gasteiger partial charge in [0.1, 0.15) is 24.6 Å². The number of pyridine rings is 1. The molecule has 3 aromatic rings. The van der Waals surface area contributed by atoms with Gasteiger partial charge in [0.05, 0.1) is 18.7 Å². The van der Waals surface area contributed by atoms with Crippen LogP contribution in [0.2, 0.25) is 0 Å². The summed E-state index contributed by atoms with van der Waals surface area (Å²) in [5, 5.41) is 8.79. The number of hydrogen-bond donors (Lipinski definition) is 0. The predicted molar refractivity (Wildman–Crippen MR) is 143 cm³/mol. The van der Waals surface area contributed by atoms with Crippen molar-refractivity contribution in [3.63, 3.8) is 0 Å². The Balaban J connectivity index is 1.33. The third-order valence-corrected chi connectivity index (χ3v) is 6.27. The maximum atomic E-state index is 6.26. The molecule has 1 aliphatic carbocycles.